The molecule has 0 saturated heterocycles. The number of hydrogen-bond acceptors (Lipinski definition) is 4. The number of aryl methyl sites for hydroxylation is 1. The van der Waals surface area contributed by atoms with Crippen molar-refractivity contribution in [3.05, 3.63) is 21.7 Å². The van der Waals surface area contributed by atoms with Crippen LogP contribution in [0.2, 0.25) is 0 Å². The molecule has 15 heavy (non-hydrogen) atoms. The van der Waals surface area contributed by atoms with Gasteiger partial charge in [0.25, 0.3) is 0 Å². The molecule has 0 aliphatic carbocycles. The summed E-state index contributed by atoms with van der Waals surface area (Å²) in [4.78, 5) is 25.4. The van der Waals surface area contributed by atoms with E-state index in [9.17, 15) is 9.59 Å². The minimum atomic E-state index is -0.987. The first-order chi connectivity index (χ1) is 7.00. The van der Waals surface area contributed by atoms with E-state index in [2.05, 4.69) is 4.98 Å². The van der Waals surface area contributed by atoms with Gasteiger partial charge in [0.1, 0.15) is 9.88 Å². The average Bonchev–Trinajstić information content (AvgIpc) is 2.46. The molecular formula is C9H10N2O3S. The van der Waals surface area contributed by atoms with E-state index in [1.807, 2.05) is 0 Å². The van der Waals surface area contributed by atoms with E-state index >= 15 is 0 Å². The average molecular weight is 226 g/mol. The number of carboxylic acid groups (broad SMARTS) is 1. The van der Waals surface area contributed by atoms with Crippen LogP contribution in [0.1, 0.15) is 26.8 Å². The zero-order valence-corrected chi connectivity index (χ0v) is 8.87. The maximum atomic E-state index is 10.7. The molecule has 0 aliphatic heterocycles. The van der Waals surface area contributed by atoms with E-state index < -0.39 is 11.9 Å². The Labute approximate surface area is 90.2 Å². The summed E-state index contributed by atoms with van der Waals surface area (Å²) in [6, 6.07) is 0. The highest BCUT2D eigenvalue weighted by Gasteiger charge is 2.11. The van der Waals surface area contributed by atoms with Crippen molar-refractivity contribution in [3.63, 3.8) is 0 Å². The molecule has 1 aromatic rings. The van der Waals surface area contributed by atoms with Crippen LogP contribution in [0.4, 0.5) is 0 Å². The molecular weight excluding hydrogens is 216 g/mol. The molecule has 5 nitrogen and oxygen atoms in total. The third kappa shape index (κ3) is 3.17. The molecule has 3 N–H and O–H groups in total. The predicted octanol–water partition coefficient (Wildman–Crippen LogP) is 1.04. The van der Waals surface area contributed by atoms with Crippen molar-refractivity contribution in [1.82, 2.24) is 4.98 Å². The van der Waals surface area contributed by atoms with E-state index in [0.717, 1.165) is 11.3 Å². The first kappa shape index (κ1) is 11.4. The molecule has 0 saturated carbocycles. The number of carboxylic acids is 1. The molecule has 0 atom stereocenters. The monoisotopic (exact) mass is 226 g/mol. The number of aromatic carboxylic acids is 1. The second kappa shape index (κ2) is 4.70. The molecule has 0 radical (unpaired) electrons. The Kier molecular flexibility index (Phi) is 3.56. The summed E-state index contributed by atoms with van der Waals surface area (Å²) in [7, 11) is 0. The van der Waals surface area contributed by atoms with Gasteiger partial charge in [-0.2, -0.15) is 0 Å². The van der Waals surface area contributed by atoms with Crippen LogP contribution < -0.4 is 5.73 Å². The Morgan fingerprint density at radius 3 is 2.73 bits per heavy atom. The van der Waals surface area contributed by atoms with E-state index in [-0.39, 0.29) is 11.3 Å². The Bertz CT molecular complexity index is 423. The number of thiazole rings is 1. The molecule has 0 aromatic carbocycles. The standard InChI is InChI=1S/C9H10N2O3S/c1-5-8(9(13)14)15-7(11-5)4-2-3-6(10)12/h2,4H,3H2,1H3,(H2,10,12)(H,13,14). The van der Waals surface area contributed by atoms with E-state index in [0.29, 0.717) is 10.7 Å². The smallest absolute Gasteiger partial charge is 0.347 e. The third-order valence-corrected chi connectivity index (χ3v) is 2.70. The lowest BCUT2D eigenvalue weighted by Gasteiger charge is -1.84. The van der Waals surface area contributed by atoms with Crippen LogP contribution in [0.25, 0.3) is 6.08 Å². The fourth-order valence-corrected chi connectivity index (χ4v) is 1.80. The van der Waals surface area contributed by atoms with Crippen molar-refractivity contribution in [1.29, 1.82) is 0 Å². The summed E-state index contributed by atoms with van der Waals surface area (Å²) in [5.74, 6) is -1.42. The minimum absolute atomic E-state index is 0.126. The van der Waals surface area contributed by atoms with Crippen molar-refractivity contribution in [3.8, 4) is 0 Å². The summed E-state index contributed by atoms with van der Waals surface area (Å²) in [6.07, 6.45) is 3.28. The topological polar surface area (TPSA) is 93.3 Å². The summed E-state index contributed by atoms with van der Waals surface area (Å²) in [6.45, 7) is 1.63. The van der Waals surface area contributed by atoms with Gasteiger partial charge in [-0.1, -0.05) is 6.08 Å². The number of rotatable bonds is 4. The van der Waals surface area contributed by atoms with Gasteiger partial charge >= 0.3 is 5.97 Å². The third-order valence-electron chi connectivity index (χ3n) is 1.59. The van der Waals surface area contributed by atoms with Gasteiger partial charge in [-0.25, -0.2) is 9.78 Å². The van der Waals surface area contributed by atoms with E-state index in [1.54, 1.807) is 19.1 Å². The van der Waals surface area contributed by atoms with Crippen molar-refractivity contribution in [2.24, 2.45) is 5.73 Å². The maximum absolute atomic E-state index is 10.7. The number of amides is 1. The molecule has 0 fully saturated rings. The first-order valence-electron chi connectivity index (χ1n) is 4.16. The van der Waals surface area contributed by atoms with Crippen LogP contribution in [0.5, 0.6) is 0 Å². The van der Waals surface area contributed by atoms with Gasteiger partial charge in [0.2, 0.25) is 5.91 Å². The summed E-state index contributed by atoms with van der Waals surface area (Å²) in [5, 5.41) is 9.33. The van der Waals surface area contributed by atoms with Crippen molar-refractivity contribution >= 4 is 29.3 Å². The Morgan fingerprint density at radius 2 is 2.27 bits per heavy atom. The van der Waals surface area contributed by atoms with Crippen LogP contribution in [0.15, 0.2) is 6.08 Å². The molecule has 0 unspecified atom stereocenters. The highest BCUT2D eigenvalue weighted by atomic mass is 32.1. The maximum Gasteiger partial charge on any atom is 0.347 e. The summed E-state index contributed by atoms with van der Waals surface area (Å²) < 4.78 is 0. The van der Waals surface area contributed by atoms with Gasteiger partial charge in [-0.05, 0) is 13.0 Å². The number of carbonyl (C=O) groups excluding carboxylic acids is 1. The van der Waals surface area contributed by atoms with Crippen LogP contribution in [0, 0.1) is 6.92 Å². The number of nitrogens with zero attached hydrogens (tertiary/aromatic N) is 1. The number of carbonyl (C=O) groups is 2. The van der Waals surface area contributed by atoms with Crippen LogP contribution >= 0.6 is 11.3 Å². The highest BCUT2D eigenvalue weighted by Crippen LogP contribution is 2.19. The number of hydrogen-bond donors (Lipinski definition) is 2. The quantitative estimate of drug-likeness (QED) is 0.802. The van der Waals surface area contributed by atoms with Gasteiger partial charge in [-0.15, -0.1) is 11.3 Å². The fraction of sp³-hybridized carbons (Fsp3) is 0.222. The normalized spacial score (nSPS) is 10.7. The first-order valence-corrected chi connectivity index (χ1v) is 4.98. The van der Waals surface area contributed by atoms with Crippen LogP contribution in [-0.2, 0) is 4.79 Å². The van der Waals surface area contributed by atoms with Gasteiger partial charge in [0, 0.05) is 6.42 Å². The number of aromatic nitrogens is 1. The molecule has 1 aromatic heterocycles. The van der Waals surface area contributed by atoms with Crippen LogP contribution in [-0.4, -0.2) is 22.0 Å². The molecule has 6 heteroatoms. The van der Waals surface area contributed by atoms with E-state index in [4.69, 9.17) is 10.8 Å². The molecule has 1 amide bonds. The second-order valence-electron chi connectivity index (χ2n) is 2.84. The minimum Gasteiger partial charge on any atom is -0.477 e. The molecule has 1 rings (SSSR count). The predicted molar refractivity (Wildman–Crippen MR) is 56.7 cm³/mol. The molecule has 0 aliphatic rings. The van der Waals surface area contributed by atoms with Crippen molar-refractivity contribution in [2.75, 3.05) is 0 Å². The Balaban J connectivity index is 2.79. The largest absolute Gasteiger partial charge is 0.477 e. The Hall–Kier alpha value is -1.69. The lowest BCUT2D eigenvalue weighted by atomic mass is 10.3. The zero-order chi connectivity index (χ0) is 11.4. The van der Waals surface area contributed by atoms with Gasteiger partial charge in [0.15, 0.2) is 0 Å². The molecule has 0 spiro atoms. The lowest BCUT2D eigenvalue weighted by molar-refractivity contribution is -0.117. The van der Waals surface area contributed by atoms with Gasteiger partial charge in [-0.3, -0.25) is 4.79 Å². The second-order valence-corrected chi connectivity index (χ2v) is 3.88. The summed E-state index contributed by atoms with van der Waals surface area (Å²) in [5.41, 5.74) is 5.42. The zero-order valence-electron chi connectivity index (χ0n) is 8.06. The number of nitrogens with two attached hydrogens (primary N) is 1. The van der Waals surface area contributed by atoms with E-state index in [1.165, 1.54) is 0 Å². The van der Waals surface area contributed by atoms with Gasteiger partial charge in [0.05, 0.1) is 5.69 Å². The molecule has 1 heterocycles. The SMILES string of the molecule is Cc1nc(C=CCC(N)=O)sc1C(=O)O. The number of primary amides is 1. The van der Waals surface area contributed by atoms with Crippen LogP contribution in [0.3, 0.4) is 0 Å². The highest BCUT2D eigenvalue weighted by molar-refractivity contribution is 7.14. The van der Waals surface area contributed by atoms with Gasteiger partial charge < -0.3 is 10.8 Å². The fourth-order valence-electron chi connectivity index (χ4n) is 0.963. The summed E-state index contributed by atoms with van der Waals surface area (Å²) >= 11 is 1.07. The van der Waals surface area contributed by atoms with Crippen molar-refractivity contribution in [2.45, 2.75) is 13.3 Å². The molecule has 80 valence electrons. The lowest BCUT2D eigenvalue weighted by Crippen LogP contribution is -2.07. The van der Waals surface area contributed by atoms with Crippen molar-refractivity contribution < 1.29 is 14.7 Å². The Morgan fingerprint density at radius 1 is 1.60 bits per heavy atom. The molecule has 0 bridgehead atoms.